The number of amides is 1. The Hall–Kier alpha value is -1.35. The lowest BCUT2D eigenvalue weighted by Crippen LogP contribution is -2.29. The van der Waals surface area contributed by atoms with Gasteiger partial charge in [0.2, 0.25) is 5.91 Å². The number of alkyl halides is 1. The Bertz CT molecular complexity index is 620. The third-order valence-corrected chi connectivity index (χ3v) is 5.61. The summed E-state index contributed by atoms with van der Waals surface area (Å²) in [5.41, 5.74) is 2.71. The molecular formula is C20H26ClNO2. The molecule has 1 fully saturated rings. The molecule has 130 valence electrons. The minimum atomic E-state index is -0.516. The van der Waals surface area contributed by atoms with E-state index in [4.69, 9.17) is 11.6 Å². The van der Waals surface area contributed by atoms with E-state index in [9.17, 15) is 9.59 Å². The molecule has 1 aliphatic heterocycles. The van der Waals surface area contributed by atoms with E-state index in [1.54, 1.807) is 13.0 Å². The molecule has 3 nitrogen and oxygen atoms in total. The summed E-state index contributed by atoms with van der Waals surface area (Å²) in [6, 6.07) is 5.62. The van der Waals surface area contributed by atoms with Crippen LogP contribution in [0.25, 0.3) is 0 Å². The van der Waals surface area contributed by atoms with E-state index in [0.29, 0.717) is 12.0 Å². The summed E-state index contributed by atoms with van der Waals surface area (Å²) in [5, 5.41) is -0.516. The van der Waals surface area contributed by atoms with E-state index >= 15 is 0 Å². The number of fused-ring (bicyclic) bond motifs is 1. The summed E-state index contributed by atoms with van der Waals surface area (Å²) >= 11 is 5.89. The number of carbonyl (C=O) groups is 2. The zero-order valence-electron chi connectivity index (χ0n) is 14.4. The summed E-state index contributed by atoms with van der Waals surface area (Å²) < 4.78 is 0. The minimum Gasteiger partial charge on any atom is -0.312 e. The molecule has 1 amide bonds. The van der Waals surface area contributed by atoms with Crippen LogP contribution in [0.4, 0.5) is 5.69 Å². The first-order valence-corrected chi connectivity index (χ1v) is 9.61. The molecule has 2 aliphatic rings. The van der Waals surface area contributed by atoms with Gasteiger partial charge in [-0.3, -0.25) is 9.59 Å². The number of anilines is 1. The quantitative estimate of drug-likeness (QED) is 0.569. The maximum atomic E-state index is 12.6. The molecule has 24 heavy (non-hydrogen) atoms. The molecule has 1 aromatic rings. The molecule has 1 saturated carbocycles. The van der Waals surface area contributed by atoms with Crippen LogP contribution < -0.4 is 4.90 Å². The smallest absolute Gasteiger partial charge is 0.227 e. The van der Waals surface area contributed by atoms with Crippen LogP contribution in [0.2, 0.25) is 0 Å². The topological polar surface area (TPSA) is 37.4 Å². The van der Waals surface area contributed by atoms with Crippen molar-refractivity contribution in [2.75, 3.05) is 11.4 Å². The van der Waals surface area contributed by atoms with Gasteiger partial charge in [0.15, 0.2) is 5.78 Å². The number of carbonyl (C=O) groups excluding carboxylic acids is 2. The lowest BCUT2D eigenvalue weighted by molar-refractivity contribution is -0.118. The van der Waals surface area contributed by atoms with Gasteiger partial charge in [-0.05, 0) is 49.4 Å². The first-order valence-electron chi connectivity index (χ1n) is 9.18. The van der Waals surface area contributed by atoms with Crippen LogP contribution in [0.1, 0.15) is 67.8 Å². The van der Waals surface area contributed by atoms with Gasteiger partial charge in [0.1, 0.15) is 0 Å². The van der Waals surface area contributed by atoms with Crippen molar-refractivity contribution in [1.29, 1.82) is 0 Å². The van der Waals surface area contributed by atoms with Gasteiger partial charge in [-0.15, -0.1) is 11.6 Å². The summed E-state index contributed by atoms with van der Waals surface area (Å²) in [7, 11) is 0. The fraction of sp³-hybridized carbons (Fsp3) is 0.600. The maximum absolute atomic E-state index is 12.6. The molecule has 1 atom stereocenters. The molecule has 0 bridgehead atoms. The average molecular weight is 348 g/mol. The molecule has 0 saturated heterocycles. The Labute approximate surface area is 149 Å². The third-order valence-electron chi connectivity index (χ3n) is 5.41. The van der Waals surface area contributed by atoms with Gasteiger partial charge < -0.3 is 4.90 Å². The molecule has 4 heteroatoms. The summed E-state index contributed by atoms with van der Waals surface area (Å²) in [6.07, 6.45) is 9.04. The van der Waals surface area contributed by atoms with Crippen molar-refractivity contribution < 1.29 is 9.59 Å². The number of nitrogens with zero attached hydrogens (tertiary/aromatic N) is 1. The summed E-state index contributed by atoms with van der Waals surface area (Å²) in [5.74, 6) is 0.903. The Balaban J connectivity index is 1.63. The van der Waals surface area contributed by atoms with E-state index in [1.807, 2.05) is 17.0 Å². The lowest BCUT2D eigenvalue weighted by atomic mass is 9.86. The standard InChI is InChI=1S/C20H26ClNO2/c1-14(21)20(24)17-8-9-18-16(13-17)11-12-22(18)19(23)10-7-15-5-3-2-4-6-15/h8-9,13-15H,2-7,10-12H2,1H3. The lowest BCUT2D eigenvalue weighted by Gasteiger charge is -2.23. The number of hydrogen-bond donors (Lipinski definition) is 0. The van der Waals surface area contributed by atoms with Crippen molar-refractivity contribution in [3.8, 4) is 0 Å². The molecule has 1 heterocycles. The highest BCUT2D eigenvalue weighted by molar-refractivity contribution is 6.33. The number of halogens is 1. The Morgan fingerprint density at radius 2 is 2.00 bits per heavy atom. The number of rotatable bonds is 5. The molecule has 0 N–H and O–H groups in total. The van der Waals surface area contributed by atoms with Gasteiger partial charge in [-0.25, -0.2) is 0 Å². The van der Waals surface area contributed by atoms with E-state index in [1.165, 1.54) is 32.1 Å². The number of ketones is 1. The number of Topliss-reactive ketones (excluding diaryl/α,β-unsaturated/α-hetero) is 1. The van der Waals surface area contributed by atoms with E-state index in [-0.39, 0.29) is 11.7 Å². The van der Waals surface area contributed by atoms with Crippen LogP contribution in [-0.4, -0.2) is 23.6 Å². The predicted octanol–water partition coefficient (Wildman–Crippen LogP) is 4.75. The molecule has 1 aliphatic carbocycles. The first-order chi connectivity index (χ1) is 11.6. The van der Waals surface area contributed by atoms with E-state index in [0.717, 1.165) is 36.6 Å². The monoisotopic (exact) mass is 347 g/mol. The highest BCUT2D eigenvalue weighted by Crippen LogP contribution is 2.32. The third kappa shape index (κ3) is 3.83. The van der Waals surface area contributed by atoms with Gasteiger partial charge in [-0.2, -0.15) is 0 Å². The van der Waals surface area contributed by atoms with Gasteiger partial charge >= 0.3 is 0 Å². The van der Waals surface area contributed by atoms with Crippen molar-refractivity contribution in [3.05, 3.63) is 29.3 Å². The van der Waals surface area contributed by atoms with Crippen molar-refractivity contribution in [2.24, 2.45) is 5.92 Å². The highest BCUT2D eigenvalue weighted by Gasteiger charge is 2.26. The fourth-order valence-corrected chi connectivity index (χ4v) is 4.11. The summed E-state index contributed by atoms with van der Waals surface area (Å²) in [6.45, 7) is 2.42. The second-order valence-electron chi connectivity index (χ2n) is 7.16. The molecule has 1 aromatic carbocycles. The molecule has 1 unspecified atom stereocenters. The zero-order chi connectivity index (χ0) is 17.1. The zero-order valence-corrected chi connectivity index (χ0v) is 15.1. The second kappa shape index (κ2) is 7.69. The van der Waals surface area contributed by atoms with Gasteiger partial charge in [0, 0.05) is 24.2 Å². The number of hydrogen-bond acceptors (Lipinski definition) is 2. The van der Waals surface area contributed by atoms with Gasteiger partial charge in [0.05, 0.1) is 5.38 Å². The SMILES string of the molecule is CC(Cl)C(=O)c1ccc2c(c1)CCN2C(=O)CCC1CCCCC1. The Morgan fingerprint density at radius 3 is 2.71 bits per heavy atom. The summed E-state index contributed by atoms with van der Waals surface area (Å²) in [4.78, 5) is 26.5. The largest absolute Gasteiger partial charge is 0.312 e. The van der Waals surface area contributed by atoms with Crippen molar-refractivity contribution in [3.63, 3.8) is 0 Å². The predicted molar refractivity (Wildman–Crippen MR) is 98.0 cm³/mol. The van der Waals surface area contributed by atoms with Crippen LogP contribution in [-0.2, 0) is 11.2 Å². The van der Waals surface area contributed by atoms with Gasteiger partial charge in [0.25, 0.3) is 0 Å². The Morgan fingerprint density at radius 1 is 1.25 bits per heavy atom. The molecular weight excluding hydrogens is 322 g/mol. The molecule has 3 rings (SSSR count). The van der Waals surface area contributed by atoms with Crippen LogP contribution in [0.3, 0.4) is 0 Å². The number of benzene rings is 1. The first kappa shape index (κ1) is 17.5. The highest BCUT2D eigenvalue weighted by atomic mass is 35.5. The maximum Gasteiger partial charge on any atom is 0.227 e. The second-order valence-corrected chi connectivity index (χ2v) is 7.82. The van der Waals surface area contributed by atoms with E-state index in [2.05, 4.69) is 0 Å². The van der Waals surface area contributed by atoms with Gasteiger partial charge in [-0.1, -0.05) is 32.1 Å². The van der Waals surface area contributed by atoms with Crippen LogP contribution in [0, 0.1) is 5.92 Å². The Kier molecular flexibility index (Phi) is 5.60. The average Bonchev–Trinajstić information content (AvgIpc) is 3.03. The minimum absolute atomic E-state index is 0.0541. The van der Waals surface area contributed by atoms with Crippen molar-refractivity contribution in [1.82, 2.24) is 0 Å². The van der Waals surface area contributed by atoms with Crippen molar-refractivity contribution >= 4 is 29.0 Å². The van der Waals surface area contributed by atoms with Crippen molar-refractivity contribution in [2.45, 2.75) is 63.7 Å². The van der Waals surface area contributed by atoms with E-state index < -0.39 is 5.38 Å². The fourth-order valence-electron chi connectivity index (χ4n) is 3.98. The molecule has 0 spiro atoms. The van der Waals surface area contributed by atoms with Crippen LogP contribution >= 0.6 is 11.6 Å². The van der Waals surface area contributed by atoms with Crippen LogP contribution in [0.15, 0.2) is 18.2 Å². The molecule has 0 aromatic heterocycles. The van der Waals surface area contributed by atoms with Crippen LogP contribution in [0.5, 0.6) is 0 Å². The normalized spacial score (nSPS) is 19.2. The molecule has 0 radical (unpaired) electrons.